The average Bonchev–Trinajstić information content (AvgIpc) is 3.09. The third-order valence-electron chi connectivity index (χ3n) is 7.95. The number of rotatable bonds is 2. The molecular weight excluding hydrogens is 410 g/mol. The number of hydrogen-bond acceptors (Lipinski definition) is 3. The Morgan fingerprint density at radius 1 is 1.03 bits per heavy atom. The van der Waals surface area contributed by atoms with Crippen molar-refractivity contribution in [3.05, 3.63) is 71.3 Å². The molecule has 0 radical (unpaired) electrons. The summed E-state index contributed by atoms with van der Waals surface area (Å²) in [5.41, 5.74) is 1.25. The molecule has 33 heavy (non-hydrogen) atoms. The van der Waals surface area contributed by atoms with Gasteiger partial charge in [-0.2, -0.15) is 0 Å². The molecule has 174 valence electrons. The van der Waals surface area contributed by atoms with Crippen molar-refractivity contribution < 1.29 is 14.4 Å². The standard InChI is InChI=1S/C29H35NO3/c1-19-12-7-4-5-10-17-25(31)29-23(16-11-13-19)27(32)21(3)20(2)26(29)24(30-28(29)33)18-22-14-8-6-9-15-22/h6,8-11,14-17,19,23-24,26H,4-5,7,12-13,18H2,1-3H3,(H,30,33)/b16-11+,17-10+/t19?,23-,24-,26-,29-/m0/s1. The van der Waals surface area contributed by atoms with Crippen LogP contribution in [0.15, 0.2) is 65.8 Å². The Labute approximate surface area is 197 Å². The fourth-order valence-electron chi connectivity index (χ4n) is 6.02. The topological polar surface area (TPSA) is 63.2 Å². The molecule has 1 fully saturated rings. The smallest absolute Gasteiger partial charge is 0.236 e. The molecule has 1 amide bonds. The highest BCUT2D eigenvalue weighted by molar-refractivity contribution is 6.19. The number of allylic oxidation sites excluding steroid dienone is 5. The Balaban J connectivity index is 1.84. The van der Waals surface area contributed by atoms with Crippen LogP contribution < -0.4 is 5.32 Å². The Kier molecular flexibility index (Phi) is 6.83. The van der Waals surface area contributed by atoms with Gasteiger partial charge in [0.05, 0.1) is 5.92 Å². The van der Waals surface area contributed by atoms with E-state index >= 15 is 0 Å². The van der Waals surface area contributed by atoms with Gasteiger partial charge in [0, 0.05) is 12.0 Å². The van der Waals surface area contributed by atoms with Crippen LogP contribution in [0.25, 0.3) is 0 Å². The van der Waals surface area contributed by atoms with Crippen LogP contribution in [0.1, 0.15) is 58.4 Å². The van der Waals surface area contributed by atoms with Gasteiger partial charge >= 0.3 is 0 Å². The quantitative estimate of drug-likeness (QED) is 0.506. The molecule has 1 heterocycles. The molecule has 5 atom stereocenters. The molecule has 0 bridgehead atoms. The van der Waals surface area contributed by atoms with Crippen LogP contribution in [0.5, 0.6) is 0 Å². The molecular formula is C29H35NO3. The molecule has 0 saturated carbocycles. The van der Waals surface area contributed by atoms with E-state index < -0.39 is 11.3 Å². The van der Waals surface area contributed by atoms with Gasteiger partial charge < -0.3 is 5.32 Å². The summed E-state index contributed by atoms with van der Waals surface area (Å²) in [5, 5.41) is 3.16. The van der Waals surface area contributed by atoms with Crippen LogP contribution >= 0.6 is 0 Å². The molecule has 1 spiro atoms. The van der Waals surface area contributed by atoms with Gasteiger partial charge in [-0.05, 0) is 62.7 Å². The van der Waals surface area contributed by atoms with E-state index in [0.29, 0.717) is 17.9 Å². The number of carbonyl (C=O) groups is 3. The van der Waals surface area contributed by atoms with E-state index in [2.05, 4.69) is 12.2 Å². The summed E-state index contributed by atoms with van der Waals surface area (Å²) in [6.45, 7) is 6.00. The van der Waals surface area contributed by atoms with E-state index in [-0.39, 0.29) is 29.4 Å². The normalized spacial score (nSPS) is 34.9. The lowest BCUT2D eigenvalue weighted by Crippen LogP contribution is -2.53. The van der Waals surface area contributed by atoms with Crippen LogP contribution in [0.4, 0.5) is 0 Å². The molecule has 1 aromatic carbocycles. The minimum Gasteiger partial charge on any atom is -0.351 e. The van der Waals surface area contributed by atoms with Gasteiger partial charge in [0.2, 0.25) is 5.91 Å². The zero-order valence-electron chi connectivity index (χ0n) is 20.0. The molecule has 4 nitrogen and oxygen atoms in total. The molecule has 3 aliphatic rings. The number of carbonyl (C=O) groups excluding carboxylic acids is 3. The van der Waals surface area contributed by atoms with Crippen LogP contribution in [0.3, 0.4) is 0 Å². The molecule has 1 unspecified atom stereocenters. The highest BCUT2D eigenvalue weighted by Crippen LogP contribution is 2.53. The molecule has 1 aromatic rings. The second-order valence-corrected chi connectivity index (χ2v) is 10.1. The summed E-state index contributed by atoms with van der Waals surface area (Å²) in [7, 11) is 0. The number of amides is 1. The summed E-state index contributed by atoms with van der Waals surface area (Å²) in [5.74, 6) is -1.24. The molecule has 2 aliphatic carbocycles. The van der Waals surface area contributed by atoms with Gasteiger partial charge in [-0.1, -0.05) is 73.9 Å². The number of nitrogens with one attached hydrogen (secondary N) is 1. The van der Waals surface area contributed by atoms with Crippen molar-refractivity contribution in [3.8, 4) is 0 Å². The molecule has 1 N–H and O–H groups in total. The lowest BCUT2D eigenvalue weighted by molar-refractivity contribution is -0.146. The van der Waals surface area contributed by atoms with Crippen molar-refractivity contribution in [1.82, 2.24) is 5.32 Å². The second-order valence-electron chi connectivity index (χ2n) is 10.1. The van der Waals surface area contributed by atoms with Gasteiger partial charge in [0.1, 0.15) is 5.41 Å². The maximum Gasteiger partial charge on any atom is 0.236 e. The van der Waals surface area contributed by atoms with E-state index in [1.165, 1.54) is 0 Å². The van der Waals surface area contributed by atoms with Crippen molar-refractivity contribution >= 4 is 17.5 Å². The van der Waals surface area contributed by atoms with Crippen molar-refractivity contribution in [2.75, 3.05) is 0 Å². The lowest BCUT2D eigenvalue weighted by atomic mass is 9.55. The molecule has 1 aliphatic heterocycles. The highest BCUT2D eigenvalue weighted by Gasteiger charge is 2.66. The number of ketones is 2. The van der Waals surface area contributed by atoms with E-state index in [1.54, 1.807) is 6.08 Å². The first-order valence-electron chi connectivity index (χ1n) is 12.3. The average molecular weight is 446 g/mol. The monoisotopic (exact) mass is 445 g/mol. The number of benzene rings is 1. The summed E-state index contributed by atoms with van der Waals surface area (Å²) in [4.78, 5) is 41.2. The van der Waals surface area contributed by atoms with Gasteiger partial charge in [-0.15, -0.1) is 0 Å². The van der Waals surface area contributed by atoms with Crippen LogP contribution in [0, 0.1) is 23.2 Å². The zero-order chi connectivity index (χ0) is 23.6. The number of hydrogen-bond donors (Lipinski definition) is 1. The summed E-state index contributed by atoms with van der Waals surface area (Å²) < 4.78 is 0. The molecule has 4 heteroatoms. The largest absolute Gasteiger partial charge is 0.351 e. The molecule has 1 saturated heterocycles. The SMILES string of the molecule is CC1=C(C)[C@H]2[C@H](Cc3ccccc3)NC(=O)[C@@]23C(=O)/C=C/CCCCC(C)C/C=C/[C@H]3C1=O. The summed E-state index contributed by atoms with van der Waals surface area (Å²) in [6.07, 6.45) is 12.9. The number of Topliss-reactive ketones (excluding diaryl/α,β-unsaturated/α-hetero) is 1. The van der Waals surface area contributed by atoms with Gasteiger partial charge in [0.15, 0.2) is 11.6 Å². The third-order valence-corrected chi connectivity index (χ3v) is 7.95. The molecule has 4 rings (SSSR count). The Hall–Kier alpha value is -2.75. The Morgan fingerprint density at radius 3 is 2.55 bits per heavy atom. The fourth-order valence-corrected chi connectivity index (χ4v) is 6.02. The van der Waals surface area contributed by atoms with Gasteiger partial charge in [-0.3, -0.25) is 14.4 Å². The van der Waals surface area contributed by atoms with Crippen molar-refractivity contribution in [2.45, 2.75) is 65.3 Å². The molecule has 0 aromatic heterocycles. The predicted molar refractivity (Wildman–Crippen MR) is 130 cm³/mol. The van der Waals surface area contributed by atoms with Crippen molar-refractivity contribution in [3.63, 3.8) is 0 Å². The predicted octanol–water partition coefficient (Wildman–Crippen LogP) is 5.15. The minimum atomic E-state index is -1.41. The lowest BCUT2D eigenvalue weighted by Gasteiger charge is -2.42. The Bertz CT molecular complexity index is 1020. The van der Waals surface area contributed by atoms with Gasteiger partial charge in [-0.25, -0.2) is 0 Å². The van der Waals surface area contributed by atoms with Crippen molar-refractivity contribution in [2.24, 2.45) is 23.2 Å². The fraction of sp³-hybridized carbons (Fsp3) is 0.483. The highest BCUT2D eigenvalue weighted by atomic mass is 16.2. The van der Waals surface area contributed by atoms with Crippen LogP contribution in [0.2, 0.25) is 0 Å². The zero-order valence-corrected chi connectivity index (χ0v) is 20.0. The van der Waals surface area contributed by atoms with E-state index in [1.807, 2.05) is 62.4 Å². The first kappa shape index (κ1) is 23.4. The second kappa shape index (κ2) is 9.62. The van der Waals surface area contributed by atoms with Gasteiger partial charge in [0.25, 0.3) is 0 Å². The van der Waals surface area contributed by atoms with E-state index in [4.69, 9.17) is 0 Å². The van der Waals surface area contributed by atoms with Crippen LogP contribution in [-0.2, 0) is 20.8 Å². The minimum absolute atomic E-state index is 0.0974. The third kappa shape index (κ3) is 4.16. The van der Waals surface area contributed by atoms with E-state index in [0.717, 1.165) is 43.2 Å². The summed E-state index contributed by atoms with van der Waals surface area (Å²) >= 11 is 0. The van der Waals surface area contributed by atoms with Crippen LogP contribution in [-0.4, -0.2) is 23.5 Å². The van der Waals surface area contributed by atoms with Crippen molar-refractivity contribution in [1.29, 1.82) is 0 Å². The Morgan fingerprint density at radius 2 is 1.79 bits per heavy atom. The first-order chi connectivity index (χ1) is 15.9. The van der Waals surface area contributed by atoms with E-state index in [9.17, 15) is 14.4 Å². The summed E-state index contributed by atoms with van der Waals surface area (Å²) in [6, 6.07) is 9.80. The first-order valence-corrected chi connectivity index (χ1v) is 12.3. The maximum absolute atomic E-state index is 13.9. The maximum atomic E-state index is 13.9.